The molecular formula is C12H13BrF2N2O3. The van der Waals surface area contributed by atoms with Crippen LogP contribution in [0.5, 0.6) is 0 Å². The van der Waals surface area contributed by atoms with E-state index in [1.165, 1.54) is 7.05 Å². The number of urea groups is 1. The average Bonchev–Trinajstić information content (AvgIpc) is 2.33. The van der Waals surface area contributed by atoms with Crippen LogP contribution in [-0.2, 0) is 4.79 Å². The van der Waals surface area contributed by atoms with E-state index in [4.69, 9.17) is 5.11 Å². The summed E-state index contributed by atoms with van der Waals surface area (Å²) >= 11 is 2.91. The molecule has 8 heteroatoms. The molecule has 0 aliphatic carbocycles. The first kappa shape index (κ1) is 16.4. The number of halogens is 3. The maximum Gasteiger partial charge on any atom is 0.326 e. The Morgan fingerprint density at radius 1 is 1.40 bits per heavy atom. The van der Waals surface area contributed by atoms with Crippen molar-refractivity contribution < 1.29 is 23.5 Å². The van der Waals surface area contributed by atoms with Gasteiger partial charge in [0.2, 0.25) is 0 Å². The standard InChI is InChI=1S/C12H13BrF2N2O3/c1-3-9(11(18)19)17(2)12(20)16-10-7(14)4-6(13)5-8(10)15/h4-5,9H,3H2,1-2H3,(H,16,20)(H,18,19). The Morgan fingerprint density at radius 2 is 1.90 bits per heavy atom. The first-order valence-corrected chi connectivity index (χ1v) is 6.48. The molecule has 2 amide bonds. The molecule has 2 N–H and O–H groups in total. The van der Waals surface area contributed by atoms with Crippen LogP contribution in [0, 0.1) is 11.6 Å². The van der Waals surface area contributed by atoms with Crippen LogP contribution in [0.15, 0.2) is 16.6 Å². The fourth-order valence-electron chi connectivity index (χ4n) is 1.61. The molecular weight excluding hydrogens is 338 g/mol. The van der Waals surface area contributed by atoms with Gasteiger partial charge < -0.3 is 15.3 Å². The van der Waals surface area contributed by atoms with E-state index in [9.17, 15) is 18.4 Å². The van der Waals surface area contributed by atoms with Crippen molar-refractivity contribution in [2.45, 2.75) is 19.4 Å². The first-order valence-electron chi connectivity index (χ1n) is 5.69. The molecule has 0 bridgehead atoms. The number of carbonyl (C=O) groups excluding carboxylic acids is 1. The monoisotopic (exact) mass is 350 g/mol. The molecule has 0 aliphatic heterocycles. The zero-order chi connectivity index (χ0) is 15.4. The number of likely N-dealkylation sites (N-methyl/N-ethyl adjacent to an activating group) is 1. The highest BCUT2D eigenvalue weighted by Crippen LogP contribution is 2.24. The molecule has 0 aromatic heterocycles. The fraction of sp³-hybridized carbons (Fsp3) is 0.333. The highest BCUT2D eigenvalue weighted by Gasteiger charge is 2.26. The molecule has 1 aromatic carbocycles. The van der Waals surface area contributed by atoms with Crippen LogP contribution in [0.2, 0.25) is 0 Å². The largest absolute Gasteiger partial charge is 0.480 e. The third-order valence-electron chi connectivity index (χ3n) is 2.70. The second-order valence-electron chi connectivity index (χ2n) is 4.05. The van der Waals surface area contributed by atoms with Gasteiger partial charge in [-0.25, -0.2) is 18.4 Å². The van der Waals surface area contributed by atoms with E-state index in [-0.39, 0.29) is 10.9 Å². The first-order chi connectivity index (χ1) is 9.27. The number of rotatable bonds is 4. The van der Waals surface area contributed by atoms with Gasteiger partial charge in [0.1, 0.15) is 11.7 Å². The Hall–Kier alpha value is -1.70. The van der Waals surface area contributed by atoms with Gasteiger partial charge in [0.05, 0.1) is 0 Å². The van der Waals surface area contributed by atoms with E-state index in [1.54, 1.807) is 6.92 Å². The van der Waals surface area contributed by atoms with Gasteiger partial charge in [-0.15, -0.1) is 0 Å². The second kappa shape index (κ2) is 6.65. The summed E-state index contributed by atoms with van der Waals surface area (Å²) in [7, 11) is 1.24. The molecule has 0 radical (unpaired) electrons. The third-order valence-corrected chi connectivity index (χ3v) is 3.16. The van der Waals surface area contributed by atoms with E-state index in [0.29, 0.717) is 0 Å². The van der Waals surface area contributed by atoms with Crippen LogP contribution in [0.1, 0.15) is 13.3 Å². The number of carboxylic acid groups (broad SMARTS) is 1. The van der Waals surface area contributed by atoms with Crippen LogP contribution in [0.3, 0.4) is 0 Å². The summed E-state index contributed by atoms with van der Waals surface area (Å²) in [5, 5.41) is 11.0. The summed E-state index contributed by atoms with van der Waals surface area (Å²) in [6.45, 7) is 1.59. The van der Waals surface area contributed by atoms with Gasteiger partial charge >= 0.3 is 12.0 Å². The van der Waals surface area contributed by atoms with Crippen molar-refractivity contribution in [1.82, 2.24) is 4.90 Å². The van der Waals surface area contributed by atoms with Gasteiger partial charge in [0.15, 0.2) is 11.6 Å². The SMILES string of the molecule is CCC(C(=O)O)N(C)C(=O)Nc1c(F)cc(Br)cc1F. The molecule has 20 heavy (non-hydrogen) atoms. The number of anilines is 1. The zero-order valence-electron chi connectivity index (χ0n) is 10.8. The summed E-state index contributed by atoms with van der Waals surface area (Å²) in [5.74, 6) is -3.11. The van der Waals surface area contributed by atoms with Crippen LogP contribution in [-0.4, -0.2) is 35.1 Å². The highest BCUT2D eigenvalue weighted by molar-refractivity contribution is 9.10. The quantitative estimate of drug-likeness (QED) is 0.876. The molecule has 1 unspecified atom stereocenters. The molecule has 0 fully saturated rings. The van der Waals surface area contributed by atoms with Gasteiger partial charge in [-0.05, 0) is 18.6 Å². The Kier molecular flexibility index (Phi) is 5.43. The van der Waals surface area contributed by atoms with Crippen molar-refractivity contribution in [3.63, 3.8) is 0 Å². The number of benzene rings is 1. The zero-order valence-corrected chi connectivity index (χ0v) is 12.4. The van der Waals surface area contributed by atoms with Crippen molar-refractivity contribution in [3.05, 3.63) is 28.2 Å². The van der Waals surface area contributed by atoms with E-state index < -0.39 is 35.4 Å². The summed E-state index contributed by atoms with van der Waals surface area (Å²) < 4.78 is 27.3. The van der Waals surface area contributed by atoms with Crippen molar-refractivity contribution in [1.29, 1.82) is 0 Å². The number of amides is 2. The van der Waals surface area contributed by atoms with Gasteiger partial charge in [0.25, 0.3) is 0 Å². The van der Waals surface area contributed by atoms with Crippen LogP contribution >= 0.6 is 15.9 Å². The minimum absolute atomic E-state index is 0.171. The number of nitrogens with zero attached hydrogens (tertiary/aromatic N) is 1. The lowest BCUT2D eigenvalue weighted by Gasteiger charge is -2.24. The summed E-state index contributed by atoms with van der Waals surface area (Å²) in [4.78, 5) is 23.6. The van der Waals surface area contributed by atoms with Crippen molar-refractivity contribution in [3.8, 4) is 0 Å². The van der Waals surface area contributed by atoms with E-state index >= 15 is 0 Å². The molecule has 1 aromatic rings. The Labute approximate surface area is 122 Å². The Bertz CT molecular complexity index is 516. The van der Waals surface area contributed by atoms with Crippen molar-refractivity contribution in [2.75, 3.05) is 12.4 Å². The normalized spacial score (nSPS) is 11.8. The topological polar surface area (TPSA) is 69.6 Å². The lowest BCUT2D eigenvalue weighted by molar-refractivity contribution is -0.141. The smallest absolute Gasteiger partial charge is 0.326 e. The van der Waals surface area contributed by atoms with Crippen molar-refractivity contribution in [2.24, 2.45) is 0 Å². The number of hydrogen-bond acceptors (Lipinski definition) is 2. The third kappa shape index (κ3) is 3.66. The number of nitrogens with one attached hydrogen (secondary N) is 1. The van der Waals surface area contributed by atoms with E-state index in [1.807, 2.05) is 5.32 Å². The number of hydrogen-bond donors (Lipinski definition) is 2. The van der Waals surface area contributed by atoms with Gasteiger partial charge in [-0.1, -0.05) is 22.9 Å². The van der Waals surface area contributed by atoms with Crippen LogP contribution in [0.4, 0.5) is 19.3 Å². The van der Waals surface area contributed by atoms with Crippen molar-refractivity contribution >= 4 is 33.6 Å². The van der Waals surface area contributed by atoms with Gasteiger partial charge in [-0.3, -0.25) is 0 Å². The molecule has 0 aliphatic rings. The maximum absolute atomic E-state index is 13.6. The Morgan fingerprint density at radius 3 is 2.30 bits per heavy atom. The molecule has 0 saturated heterocycles. The van der Waals surface area contributed by atoms with E-state index in [2.05, 4.69) is 15.9 Å². The lowest BCUT2D eigenvalue weighted by atomic mass is 10.2. The number of carbonyl (C=O) groups is 2. The molecule has 1 rings (SSSR count). The van der Waals surface area contributed by atoms with E-state index in [0.717, 1.165) is 17.0 Å². The molecule has 0 spiro atoms. The minimum Gasteiger partial charge on any atom is -0.480 e. The molecule has 110 valence electrons. The molecule has 5 nitrogen and oxygen atoms in total. The summed E-state index contributed by atoms with van der Waals surface area (Å²) in [6.07, 6.45) is 0.171. The maximum atomic E-state index is 13.6. The number of carboxylic acids is 1. The molecule has 0 heterocycles. The predicted molar refractivity (Wildman–Crippen MR) is 72.6 cm³/mol. The van der Waals surface area contributed by atoms with Crippen LogP contribution in [0.25, 0.3) is 0 Å². The average molecular weight is 351 g/mol. The lowest BCUT2D eigenvalue weighted by Crippen LogP contribution is -2.44. The fourth-order valence-corrected chi connectivity index (χ4v) is 2.01. The molecule has 0 saturated carbocycles. The predicted octanol–water partition coefficient (Wildman–Crippen LogP) is 3.05. The number of aliphatic carboxylic acids is 1. The van der Waals surface area contributed by atoms with Gasteiger partial charge in [0, 0.05) is 11.5 Å². The van der Waals surface area contributed by atoms with Gasteiger partial charge in [-0.2, -0.15) is 0 Å². The Balaban J connectivity index is 2.94. The minimum atomic E-state index is -1.19. The summed E-state index contributed by atoms with van der Waals surface area (Å²) in [6, 6.07) is 0.0105. The second-order valence-corrected chi connectivity index (χ2v) is 4.96. The molecule has 1 atom stereocenters. The highest BCUT2D eigenvalue weighted by atomic mass is 79.9. The summed E-state index contributed by atoms with van der Waals surface area (Å²) in [5.41, 5.74) is -0.620. The van der Waals surface area contributed by atoms with Crippen LogP contribution < -0.4 is 5.32 Å².